The number of carbonyl (C=O) groups is 2. The van der Waals surface area contributed by atoms with Gasteiger partial charge >= 0.3 is 0 Å². The van der Waals surface area contributed by atoms with Crippen molar-refractivity contribution in [3.8, 4) is 0 Å². The standard InChI is InChI=1S/C15H20N2O3/c1-10(9-18)8-16-14(19)11-4-6-13(7-5-11)17-15(20)12-2-3-12/h4-7,10,12,18H,2-3,8-9H2,1H3,(H,16,19)(H,17,20). The fourth-order valence-corrected chi connectivity index (χ4v) is 1.73. The lowest BCUT2D eigenvalue weighted by Gasteiger charge is -2.10. The summed E-state index contributed by atoms with van der Waals surface area (Å²) < 4.78 is 0. The van der Waals surface area contributed by atoms with Gasteiger partial charge in [-0.2, -0.15) is 0 Å². The first-order valence-corrected chi connectivity index (χ1v) is 6.90. The summed E-state index contributed by atoms with van der Waals surface area (Å²) in [6.07, 6.45) is 1.94. The highest BCUT2D eigenvalue weighted by Gasteiger charge is 2.29. The van der Waals surface area contributed by atoms with Gasteiger partial charge in [0.1, 0.15) is 0 Å². The summed E-state index contributed by atoms with van der Waals surface area (Å²) in [6, 6.07) is 6.82. The SMILES string of the molecule is CC(CO)CNC(=O)c1ccc(NC(=O)C2CC2)cc1. The highest BCUT2D eigenvalue weighted by Crippen LogP contribution is 2.30. The third-order valence-electron chi connectivity index (χ3n) is 3.29. The highest BCUT2D eigenvalue weighted by molar-refractivity contribution is 5.96. The predicted molar refractivity (Wildman–Crippen MR) is 76.4 cm³/mol. The van der Waals surface area contributed by atoms with Crippen molar-refractivity contribution < 1.29 is 14.7 Å². The average molecular weight is 276 g/mol. The van der Waals surface area contributed by atoms with Crippen molar-refractivity contribution in [2.75, 3.05) is 18.5 Å². The largest absolute Gasteiger partial charge is 0.396 e. The van der Waals surface area contributed by atoms with Crippen molar-refractivity contribution in [2.45, 2.75) is 19.8 Å². The number of aliphatic hydroxyl groups excluding tert-OH is 1. The van der Waals surface area contributed by atoms with Crippen LogP contribution in [0.2, 0.25) is 0 Å². The highest BCUT2D eigenvalue weighted by atomic mass is 16.3. The molecule has 0 radical (unpaired) electrons. The van der Waals surface area contributed by atoms with Gasteiger partial charge in [-0.05, 0) is 43.0 Å². The molecule has 3 N–H and O–H groups in total. The Hall–Kier alpha value is -1.88. The summed E-state index contributed by atoms with van der Waals surface area (Å²) in [7, 11) is 0. The van der Waals surface area contributed by atoms with Crippen LogP contribution in [0.5, 0.6) is 0 Å². The van der Waals surface area contributed by atoms with E-state index < -0.39 is 0 Å². The van der Waals surface area contributed by atoms with Gasteiger partial charge < -0.3 is 15.7 Å². The summed E-state index contributed by atoms with van der Waals surface area (Å²) in [6.45, 7) is 2.35. The molecule has 0 heterocycles. The molecular formula is C15H20N2O3. The molecule has 2 amide bonds. The third kappa shape index (κ3) is 4.06. The van der Waals surface area contributed by atoms with Gasteiger partial charge in [0.15, 0.2) is 0 Å². The van der Waals surface area contributed by atoms with Crippen molar-refractivity contribution in [3.63, 3.8) is 0 Å². The molecule has 1 atom stereocenters. The monoisotopic (exact) mass is 276 g/mol. The van der Waals surface area contributed by atoms with Gasteiger partial charge in [-0.1, -0.05) is 6.92 Å². The second-order valence-corrected chi connectivity index (χ2v) is 5.34. The number of aliphatic hydroxyl groups is 1. The minimum atomic E-state index is -0.176. The van der Waals surface area contributed by atoms with E-state index in [9.17, 15) is 9.59 Å². The smallest absolute Gasteiger partial charge is 0.251 e. The maximum absolute atomic E-state index is 11.8. The Kier molecular flexibility index (Phi) is 4.74. The van der Waals surface area contributed by atoms with Crippen LogP contribution in [0.1, 0.15) is 30.1 Å². The quantitative estimate of drug-likeness (QED) is 0.734. The predicted octanol–water partition coefficient (Wildman–Crippen LogP) is 1.39. The van der Waals surface area contributed by atoms with E-state index in [1.807, 2.05) is 6.92 Å². The van der Waals surface area contributed by atoms with Crippen molar-refractivity contribution in [3.05, 3.63) is 29.8 Å². The van der Waals surface area contributed by atoms with Crippen LogP contribution in [0.4, 0.5) is 5.69 Å². The Bertz CT molecular complexity index is 480. The molecule has 5 nitrogen and oxygen atoms in total. The number of benzene rings is 1. The van der Waals surface area contributed by atoms with E-state index in [2.05, 4.69) is 10.6 Å². The number of amides is 2. The van der Waals surface area contributed by atoms with Crippen molar-refractivity contribution in [1.29, 1.82) is 0 Å². The number of hydrogen-bond acceptors (Lipinski definition) is 3. The lowest BCUT2D eigenvalue weighted by atomic mass is 10.1. The van der Waals surface area contributed by atoms with Gasteiger partial charge in [-0.25, -0.2) is 0 Å². The molecule has 5 heteroatoms. The Morgan fingerprint density at radius 2 is 1.95 bits per heavy atom. The molecule has 1 aliphatic rings. The van der Waals surface area contributed by atoms with Crippen LogP contribution < -0.4 is 10.6 Å². The minimum absolute atomic E-state index is 0.0380. The fourth-order valence-electron chi connectivity index (χ4n) is 1.73. The Labute approximate surface area is 118 Å². The van der Waals surface area contributed by atoms with Crippen LogP contribution in [-0.2, 0) is 4.79 Å². The number of carbonyl (C=O) groups excluding carboxylic acids is 2. The van der Waals surface area contributed by atoms with Crippen LogP contribution in [0, 0.1) is 11.8 Å². The molecule has 108 valence electrons. The number of nitrogens with one attached hydrogen (secondary N) is 2. The topological polar surface area (TPSA) is 78.4 Å². The van der Waals surface area contributed by atoms with Gasteiger partial charge in [0.25, 0.3) is 5.91 Å². The maximum atomic E-state index is 11.8. The Balaban J connectivity index is 1.86. The molecule has 1 saturated carbocycles. The molecule has 20 heavy (non-hydrogen) atoms. The Morgan fingerprint density at radius 3 is 2.50 bits per heavy atom. The van der Waals surface area contributed by atoms with E-state index in [-0.39, 0.29) is 30.3 Å². The van der Waals surface area contributed by atoms with Gasteiger partial charge in [-0.15, -0.1) is 0 Å². The zero-order chi connectivity index (χ0) is 14.5. The first-order valence-electron chi connectivity index (χ1n) is 6.90. The summed E-state index contributed by atoms with van der Waals surface area (Å²) >= 11 is 0. The molecule has 1 aliphatic carbocycles. The molecule has 2 rings (SSSR count). The van der Waals surface area contributed by atoms with Gasteiger partial charge in [-0.3, -0.25) is 9.59 Å². The van der Waals surface area contributed by atoms with Gasteiger partial charge in [0.2, 0.25) is 5.91 Å². The van der Waals surface area contributed by atoms with E-state index in [0.717, 1.165) is 12.8 Å². The van der Waals surface area contributed by atoms with E-state index >= 15 is 0 Å². The van der Waals surface area contributed by atoms with Crippen LogP contribution >= 0.6 is 0 Å². The number of anilines is 1. The number of rotatable bonds is 6. The minimum Gasteiger partial charge on any atom is -0.396 e. The van der Waals surface area contributed by atoms with E-state index in [1.54, 1.807) is 24.3 Å². The van der Waals surface area contributed by atoms with Crippen molar-refractivity contribution in [2.24, 2.45) is 11.8 Å². The molecule has 1 aromatic rings. The normalized spacial score (nSPS) is 15.5. The van der Waals surface area contributed by atoms with E-state index in [1.165, 1.54) is 0 Å². The van der Waals surface area contributed by atoms with Gasteiger partial charge in [0.05, 0.1) is 0 Å². The molecule has 1 aromatic carbocycles. The van der Waals surface area contributed by atoms with Crippen LogP contribution in [0.25, 0.3) is 0 Å². The summed E-state index contributed by atoms with van der Waals surface area (Å²) in [5, 5.41) is 14.5. The zero-order valence-corrected chi connectivity index (χ0v) is 11.6. The lowest BCUT2D eigenvalue weighted by Crippen LogP contribution is -2.29. The first kappa shape index (κ1) is 14.5. The number of hydrogen-bond donors (Lipinski definition) is 3. The molecule has 0 bridgehead atoms. The second kappa shape index (κ2) is 6.52. The summed E-state index contributed by atoms with van der Waals surface area (Å²) in [5.74, 6) is 0.0818. The molecule has 0 aromatic heterocycles. The van der Waals surface area contributed by atoms with Gasteiger partial charge in [0, 0.05) is 30.3 Å². The first-order chi connectivity index (χ1) is 9.60. The summed E-state index contributed by atoms with van der Waals surface area (Å²) in [5.41, 5.74) is 1.25. The zero-order valence-electron chi connectivity index (χ0n) is 11.6. The third-order valence-corrected chi connectivity index (χ3v) is 3.29. The van der Waals surface area contributed by atoms with Crippen molar-refractivity contribution >= 4 is 17.5 Å². The van der Waals surface area contributed by atoms with E-state index in [4.69, 9.17) is 5.11 Å². The van der Waals surface area contributed by atoms with Crippen LogP contribution in [0.15, 0.2) is 24.3 Å². The molecule has 1 fully saturated rings. The fraction of sp³-hybridized carbons (Fsp3) is 0.467. The Morgan fingerprint density at radius 1 is 1.30 bits per heavy atom. The van der Waals surface area contributed by atoms with Crippen LogP contribution in [-0.4, -0.2) is 30.1 Å². The lowest BCUT2D eigenvalue weighted by molar-refractivity contribution is -0.117. The molecule has 1 unspecified atom stereocenters. The molecular weight excluding hydrogens is 256 g/mol. The van der Waals surface area contributed by atoms with E-state index in [0.29, 0.717) is 17.8 Å². The average Bonchev–Trinajstić information content (AvgIpc) is 3.29. The van der Waals surface area contributed by atoms with Crippen LogP contribution in [0.3, 0.4) is 0 Å². The maximum Gasteiger partial charge on any atom is 0.251 e. The summed E-state index contributed by atoms with van der Waals surface area (Å²) in [4.78, 5) is 23.4. The van der Waals surface area contributed by atoms with Crippen molar-refractivity contribution in [1.82, 2.24) is 5.32 Å². The second-order valence-electron chi connectivity index (χ2n) is 5.34. The molecule has 0 aliphatic heterocycles. The molecule has 0 spiro atoms. The molecule has 0 saturated heterocycles.